The zero-order valence-electron chi connectivity index (χ0n) is 8.52. The van der Waals surface area contributed by atoms with Crippen LogP contribution in [0.1, 0.15) is 0 Å². The molecule has 1 aliphatic heterocycles. The summed E-state index contributed by atoms with van der Waals surface area (Å²) in [5.74, 6) is 1.57. The third-order valence-corrected chi connectivity index (χ3v) is 4.29. The molecule has 5 heteroatoms. The molecule has 1 fully saturated rings. The number of rotatable bonds is 3. The first kappa shape index (κ1) is 10.7. The Kier molecular flexibility index (Phi) is 3.43. The van der Waals surface area contributed by atoms with Gasteiger partial charge < -0.3 is 9.47 Å². The lowest BCUT2D eigenvalue weighted by Crippen LogP contribution is -1.97. The van der Waals surface area contributed by atoms with Gasteiger partial charge in [-0.1, -0.05) is 23.5 Å². The molecule has 0 amide bonds. The van der Waals surface area contributed by atoms with Gasteiger partial charge in [0, 0.05) is 6.07 Å². The Labute approximate surface area is 97.3 Å². The Hall–Kier alpha value is -0.810. The smallest absolute Gasteiger partial charge is 0.144 e. The minimum Gasteiger partial charge on any atom is -0.497 e. The molecule has 0 bridgehead atoms. The molecule has 0 radical (unpaired) electrons. The zero-order valence-corrected chi connectivity index (χ0v) is 10.2. The maximum absolute atomic E-state index is 5.23. The molecule has 0 aromatic heterocycles. The minimum atomic E-state index is 0.774. The van der Waals surface area contributed by atoms with Crippen molar-refractivity contribution in [1.82, 2.24) is 0 Å². The maximum atomic E-state index is 5.23. The Morgan fingerprint density at radius 2 is 2.00 bits per heavy atom. The van der Waals surface area contributed by atoms with Gasteiger partial charge in [0.15, 0.2) is 0 Å². The van der Waals surface area contributed by atoms with Gasteiger partial charge in [0.25, 0.3) is 0 Å². The van der Waals surface area contributed by atoms with E-state index in [2.05, 4.69) is 4.99 Å². The summed E-state index contributed by atoms with van der Waals surface area (Å²) < 4.78 is 11.5. The highest BCUT2D eigenvalue weighted by Crippen LogP contribution is 2.38. The Bertz CT molecular complexity index is 387. The van der Waals surface area contributed by atoms with Gasteiger partial charge in [-0.25, -0.2) is 4.99 Å². The van der Waals surface area contributed by atoms with Crippen LogP contribution in [0.5, 0.6) is 11.5 Å². The summed E-state index contributed by atoms with van der Waals surface area (Å²) >= 11 is 3.50. The van der Waals surface area contributed by atoms with Crippen LogP contribution in [0.3, 0.4) is 0 Å². The number of nitrogens with zero attached hydrogens (tertiary/aromatic N) is 1. The van der Waals surface area contributed by atoms with E-state index in [0.717, 1.165) is 26.6 Å². The van der Waals surface area contributed by atoms with Crippen molar-refractivity contribution in [3.8, 4) is 11.5 Å². The maximum Gasteiger partial charge on any atom is 0.144 e. The van der Waals surface area contributed by atoms with Gasteiger partial charge in [-0.05, 0) is 12.1 Å². The van der Waals surface area contributed by atoms with E-state index in [0.29, 0.717) is 0 Å². The summed E-state index contributed by atoms with van der Waals surface area (Å²) in [6, 6.07) is 5.61. The lowest BCUT2D eigenvalue weighted by atomic mass is 10.3. The third kappa shape index (κ3) is 2.41. The molecule has 0 spiro atoms. The third-order valence-electron chi connectivity index (χ3n) is 1.96. The van der Waals surface area contributed by atoms with Gasteiger partial charge >= 0.3 is 0 Å². The normalized spacial score (nSPS) is 14.4. The molecule has 0 atom stereocenters. The minimum absolute atomic E-state index is 0.774. The van der Waals surface area contributed by atoms with Gasteiger partial charge in [0.1, 0.15) is 21.6 Å². The van der Waals surface area contributed by atoms with Gasteiger partial charge in [-0.15, -0.1) is 0 Å². The first-order valence-electron chi connectivity index (χ1n) is 4.40. The molecule has 1 aromatic rings. The molecule has 0 aliphatic carbocycles. The fourth-order valence-corrected chi connectivity index (χ4v) is 2.38. The quantitative estimate of drug-likeness (QED) is 0.813. The van der Waals surface area contributed by atoms with Crippen molar-refractivity contribution in [2.45, 2.75) is 0 Å². The Morgan fingerprint density at radius 1 is 1.20 bits per heavy atom. The van der Waals surface area contributed by atoms with Crippen molar-refractivity contribution in [3.63, 3.8) is 0 Å². The van der Waals surface area contributed by atoms with E-state index in [1.165, 1.54) is 0 Å². The topological polar surface area (TPSA) is 30.8 Å². The van der Waals surface area contributed by atoms with E-state index in [1.54, 1.807) is 37.7 Å². The second-order valence-electron chi connectivity index (χ2n) is 2.82. The molecule has 1 saturated heterocycles. The van der Waals surface area contributed by atoms with Crippen LogP contribution in [-0.4, -0.2) is 23.7 Å². The highest BCUT2D eigenvalue weighted by Gasteiger charge is 2.13. The fraction of sp³-hybridized carbons (Fsp3) is 0.300. The van der Waals surface area contributed by atoms with Crippen LogP contribution in [0.25, 0.3) is 0 Å². The van der Waals surface area contributed by atoms with Crippen LogP contribution in [0.15, 0.2) is 23.2 Å². The molecule has 2 rings (SSSR count). The summed E-state index contributed by atoms with van der Waals surface area (Å²) in [6.45, 7) is 0. The highest BCUT2D eigenvalue weighted by molar-refractivity contribution is 8.52. The fourth-order valence-electron chi connectivity index (χ4n) is 1.16. The van der Waals surface area contributed by atoms with E-state index in [1.807, 2.05) is 18.2 Å². The molecule has 80 valence electrons. The molecule has 1 aromatic carbocycles. The Morgan fingerprint density at radius 3 is 2.53 bits per heavy atom. The van der Waals surface area contributed by atoms with E-state index in [4.69, 9.17) is 9.47 Å². The predicted octanol–water partition coefficient (Wildman–Crippen LogP) is 3.13. The monoisotopic (exact) mass is 241 g/mol. The SMILES string of the molecule is COc1ccc(OC)c(N=C2SCS2)c1. The summed E-state index contributed by atoms with van der Waals surface area (Å²) in [5.41, 5.74) is 0.826. The molecule has 3 nitrogen and oxygen atoms in total. The lowest BCUT2D eigenvalue weighted by molar-refractivity contribution is 0.404. The molecule has 0 saturated carbocycles. The average Bonchev–Trinajstić information content (AvgIpc) is 2.23. The largest absolute Gasteiger partial charge is 0.497 e. The van der Waals surface area contributed by atoms with Crippen molar-refractivity contribution < 1.29 is 9.47 Å². The van der Waals surface area contributed by atoms with Crippen molar-refractivity contribution in [1.29, 1.82) is 0 Å². The van der Waals surface area contributed by atoms with E-state index < -0.39 is 0 Å². The second kappa shape index (κ2) is 4.81. The molecule has 0 unspecified atom stereocenters. The summed E-state index contributed by atoms with van der Waals surface area (Å²) in [5, 5.41) is 1.09. The van der Waals surface area contributed by atoms with Crippen LogP contribution in [0.4, 0.5) is 5.69 Å². The van der Waals surface area contributed by atoms with E-state index in [9.17, 15) is 0 Å². The second-order valence-corrected chi connectivity index (χ2v) is 5.37. The summed E-state index contributed by atoms with van der Waals surface area (Å²) in [6.07, 6.45) is 0. The van der Waals surface area contributed by atoms with Crippen LogP contribution in [0.2, 0.25) is 0 Å². The van der Waals surface area contributed by atoms with Crippen LogP contribution in [-0.2, 0) is 0 Å². The number of ether oxygens (including phenoxy) is 2. The van der Waals surface area contributed by atoms with Crippen molar-refractivity contribution in [3.05, 3.63) is 18.2 Å². The molecular formula is C10H11NO2S2. The van der Waals surface area contributed by atoms with E-state index in [-0.39, 0.29) is 0 Å². The predicted molar refractivity (Wildman–Crippen MR) is 66.7 cm³/mol. The van der Waals surface area contributed by atoms with Crippen molar-refractivity contribution >= 4 is 33.6 Å². The number of benzene rings is 1. The van der Waals surface area contributed by atoms with E-state index >= 15 is 0 Å². The number of thioether (sulfide) groups is 2. The average molecular weight is 241 g/mol. The van der Waals surface area contributed by atoms with Gasteiger partial charge in [-0.3, -0.25) is 0 Å². The molecule has 1 aliphatic rings. The highest BCUT2D eigenvalue weighted by atomic mass is 32.3. The van der Waals surface area contributed by atoms with Gasteiger partial charge in [0.05, 0.1) is 19.3 Å². The summed E-state index contributed by atoms with van der Waals surface area (Å²) in [4.78, 5) is 4.48. The molecule has 15 heavy (non-hydrogen) atoms. The van der Waals surface area contributed by atoms with Crippen LogP contribution >= 0.6 is 23.5 Å². The number of methoxy groups -OCH3 is 2. The number of hydrogen-bond acceptors (Lipinski definition) is 5. The van der Waals surface area contributed by atoms with Crippen LogP contribution in [0, 0.1) is 0 Å². The standard InChI is InChI=1S/C10H11NO2S2/c1-12-7-3-4-9(13-2)8(5-7)11-10-14-6-15-10/h3-5H,6H2,1-2H3. The first-order valence-corrected chi connectivity index (χ1v) is 6.37. The van der Waals surface area contributed by atoms with Crippen LogP contribution < -0.4 is 9.47 Å². The number of aliphatic imine (C=N–C) groups is 1. The lowest BCUT2D eigenvalue weighted by Gasteiger charge is -2.14. The molecule has 0 N–H and O–H groups in total. The number of hydrogen-bond donors (Lipinski definition) is 0. The molecule has 1 heterocycles. The van der Waals surface area contributed by atoms with Gasteiger partial charge in [-0.2, -0.15) is 0 Å². The van der Waals surface area contributed by atoms with Crippen molar-refractivity contribution in [2.75, 3.05) is 19.3 Å². The summed E-state index contributed by atoms with van der Waals surface area (Å²) in [7, 11) is 3.29. The first-order chi connectivity index (χ1) is 7.33. The zero-order chi connectivity index (χ0) is 10.7. The molecular weight excluding hydrogens is 230 g/mol. The van der Waals surface area contributed by atoms with Crippen molar-refractivity contribution in [2.24, 2.45) is 4.99 Å². The Balaban J connectivity index is 2.32. The van der Waals surface area contributed by atoms with Gasteiger partial charge in [0.2, 0.25) is 0 Å².